The summed E-state index contributed by atoms with van der Waals surface area (Å²) in [5.74, 6) is -1.05. The minimum atomic E-state index is -1.30. The average Bonchev–Trinajstić information content (AvgIpc) is 2.70. The van der Waals surface area contributed by atoms with E-state index in [1.807, 2.05) is 25.1 Å². The predicted octanol–water partition coefficient (Wildman–Crippen LogP) is 5.92. The number of ether oxygens (including phenoxy) is 2. The third-order valence-electron chi connectivity index (χ3n) is 5.60. The van der Waals surface area contributed by atoms with Crippen LogP contribution in [0.5, 0.6) is 5.75 Å². The standard InChI is InChI=1S/C26H28FNO4/c1-14-8-9-17-20(11-14)28-15(2)22(24(25(29)30)32-26(3,4)5)23(17)18-12-16-7-6-10-31-21(16)13-19(18)27/h8-9,11-13,24H,6-7,10H2,1-5H3,(H,29,30)/t24-/m0/s1. The summed E-state index contributed by atoms with van der Waals surface area (Å²) in [4.78, 5) is 17.0. The molecule has 0 fully saturated rings. The quantitative estimate of drug-likeness (QED) is 0.548. The van der Waals surface area contributed by atoms with E-state index in [9.17, 15) is 9.90 Å². The largest absolute Gasteiger partial charge is 0.493 e. The Morgan fingerprint density at radius 2 is 1.97 bits per heavy atom. The monoisotopic (exact) mass is 437 g/mol. The van der Waals surface area contributed by atoms with Crippen LogP contribution in [0.25, 0.3) is 22.0 Å². The number of carboxylic acids is 1. The van der Waals surface area contributed by atoms with Gasteiger partial charge in [-0.2, -0.15) is 0 Å². The molecule has 0 saturated carbocycles. The number of aliphatic carboxylic acids is 1. The van der Waals surface area contributed by atoms with E-state index >= 15 is 4.39 Å². The summed E-state index contributed by atoms with van der Waals surface area (Å²) in [7, 11) is 0. The van der Waals surface area contributed by atoms with Crippen molar-refractivity contribution in [3.63, 3.8) is 0 Å². The molecule has 1 aliphatic rings. The highest BCUT2D eigenvalue weighted by Gasteiger charge is 2.33. The van der Waals surface area contributed by atoms with Gasteiger partial charge in [0.15, 0.2) is 6.10 Å². The first-order chi connectivity index (χ1) is 15.0. The van der Waals surface area contributed by atoms with E-state index in [-0.39, 0.29) is 0 Å². The van der Waals surface area contributed by atoms with E-state index in [1.165, 1.54) is 6.07 Å². The molecule has 2 heterocycles. The van der Waals surface area contributed by atoms with Gasteiger partial charge in [-0.05, 0) is 70.7 Å². The summed E-state index contributed by atoms with van der Waals surface area (Å²) >= 11 is 0. The second-order valence-electron chi connectivity index (χ2n) is 9.35. The number of aryl methyl sites for hydroxylation is 3. The highest BCUT2D eigenvalue weighted by atomic mass is 19.1. The number of carboxylic acid groups (broad SMARTS) is 1. The summed E-state index contributed by atoms with van der Waals surface area (Å²) in [6.07, 6.45) is 0.334. The van der Waals surface area contributed by atoms with Gasteiger partial charge in [0, 0.05) is 33.8 Å². The summed E-state index contributed by atoms with van der Waals surface area (Å²) in [6, 6.07) is 8.92. The normalized spacial score (nSPS) is 14.7. The van der Waals surface area contributed by atoms with Gasteiger partial charge >= 0.3 is 5.97 Å². The third kappa shape index (κ3) is 4.19. The van der Waals surface area contributed by atoms with Crippen molar-refractivity contribution in [3.8, 4) is 16.9 Å². The number of aromatic nitrogens is 1. The van der Waals surface area contributed by atoms with Crippen LogP contribution in [-0.2, 0) is 16.0 Å². The molecule has 1 N–H and O–H groups in total. The first kappa shape index (κ1) is 22.2. The van der Waals surface area contributed by atoms with Crippen LogP contribution >= 0.6 is 0 Å². The topological polar surface area (TPSA) is 68.7 Å². The number of hydrogen-bond acceptors (Lipinski definition) is 4. The van der Waals surface area contributed by atoms with Gasteiger partial charge in [0.25, 0.3) is 0 Å². The number of nitrogens with zero attached hydrogens (tertiary/aromatic N) is 1. The average molecular weight is 438 g/mol. The number of benzene rings is 2. The molecule has 1 aliphatic heterocycles. The summed E-state index contributed by atoms with van der Waals surface area (Å²) < 4.78 is 27.1. The molecule has 168 valence electrons. The van der Waals surface area contributed by atoms with Gasteiger partial charge in [0.05, 0.1) is 17.7 Å². The molecule has 32 heavy (non-hydrogen) atoms. The maximum atomic E-state index is 15.5. The Morgan fingerprint density at radius 1 is 1.22 bits per heavy atom. The van der Waals surface area contributed by atoms with Gasteiger partial charge in [-0.15, -0.1) is 0 Å². The van der Waals surface area contributed by atoms with Crippen LogP contribution in [0.4, 0.5) is 4.39 Å². The minimum absolute atomic E-state index is 0.340. The molecule has 0 aliphatic carbocycles. The molecule has 5 nitrogen and oxygen atoms in total. The molecule has 1 atom stereocenters. The zero-order chi connectivity index (χ0) is 23.2. The number of halogens is 1. The fraction of sp³-hybridized carbons (Fsp3) is 0.385. The zero-order valence-electron chi connectivity index (χ0n) is 19.1. The van der Waals surface area contributed by atoms with Crippen molar-refractivity contribution in [1.82, 2.24) is 4.98 Å². The maximum absolute atomic E-state index is 15.5. The van der Waals surface area contributed by atoms with Crippen molar-refractivity contribution in [3.05, 3.63) is 58.5 Å². The van der Waals surface area contributed by atoms with Crippen LogP contribution in [0, 0.1) is 19.7 Å². The molecule has 0 saturated heterocycles. The van der Waals surface area contributed by atoms with Crippen molar-refractivity contribution in [2.75, 3.05) is 6.61 Å². The molecule has 6 heteroatoms. The van der Waals surface area contributed by atoms with Crippen molar-refractivity contribution in [1.29, 1.82) is 0 Å². The number of carbonyl (C=O) groups is 1. The van der Waals surface area contributed by atoms with Crippen molar-refractivity contribution >= 4 is 16.9 Å². The molecule has 3 aromatic rings. The Morgan fingerprint density at radius 3 is 2.66 bits per heavy atom. The van der Waals surface area contributed by atoms with Crippen LogP contribution in [0.1, 0.15) is 55.7 Å². The number of hydrogen-bond donors (Lipinski definition) is 1. The van der Waals surface area contributed by atoms with Gasteiger partial charge in [-0.1, -0.05) is 12.1 Å². The van der Waals surface area contributed by atoms with Crippen LogP contribution in [0.15, 0.2) is 30.3 Å². The zero-order valence-corrected chi connectivity index (χ0v) is 19.1. The first-order valence-corrected chi connectivity index (χ1v) is 10.8. The molecule has 1 aromatic heterocycles. The van der Waals surface area contributed by atoms with Gasteiger partial charge in [-0.25, -0.2) is 9.18 Å². The Kier molecular flexibility index (Phi) is 5.67. The van der Waals surface area contributed by atoms with E-state index in [0.29, 0.717) is 45.6 Å². The molecule has 0 radical (unpaired) electrons. The smallest absolute Gasteiger partial charge is 0.337 e. The Labute approximate surface area is 187 Å². The van der Waals surface area contributed by atoms with E-state index in [1.54, 1.807) is 33.8 Å². The molecule has 0 unspecified atom stereocenters. The van der Waals surface area contributed by atoms with E-state index in [4.69, 9.17) is 9.47 Å². The number of pyridine rings is 1. The lowest BCUT2D eigenvalue weighted by atomic mass is 9.88. The minimum Gasteiger partial charge on any atom is -0.493 e. The van der Waals surface area contributed by atoms with Gasteiger partial charge < -0.3 is 14.6 Å². The lowest BCUT2D eigenvalue weighted by Crippen LogP contribution is -2.28. The fourth-order valence-corrected chi connectivity index (χ4v) is 4.28. The van der Waals surface area contributed by atoms with E-state index in [0.717, 1.165) is 24.0 Å². The van der Waals surface area contributed by atoms with Crippen LogP contribution < -0.4 is 4.74 Å². The van der Waals surface area contributed by atoms with Gasteiger partial charge in [-0.3, -0.25) is 4.98 Å². The Bertz CT molecular complexity index is 1210. The molecule has 0 amide bonds. The van der Waals surface area contributed by atoms with E-state index < -0.39 is 23.5 Å². The predicted molar refractivity (Wildman–Crippen MR) is 122 cm³/mol. The maximum Gasteiger partial charge on any atom is 0.337 e. The Hall–Kier alpha value is -2.99. The second kappa shape index (κ2) is 8.17. The Balaban J connectivity index is 2.08. The molecular weight excluding hydrogens is 409 g/mol. The van der Waals surface area contributed by atoms with Gasteiger partial charge in [0.1, 0.15) is 11.6 Å². The van der Waals surface area contributed by atoms with Crippen LogP contribution in [0.2, 0.25) is 0 Å². The fourth-order valence-electron chi connectivity index (χ4n) is 4.28. The highest BCUT2D eigenvalue weighted by molar-refractivity contribution is 5.99. The molecule has 0 bridgehead atoms. The van der Waals surface area contributed by atoms with Gasteiger partial charge in [0.2, 0.25) is 0 Å². The highest BCUT2D eigenvalue weighted by Crippen LogP contribution is 2.42. The van der Waals surface area contributed by atoms with Crippen molar-refractivity contribution in [2.45, 2.75) is 59.2 Å². The first-order valence-electron chi connectivity index (χ1n) is 10.8. The van der Waals surface area contributed by atoms with E-state index in [2.05, 4.69) is 4.98 Å². The summed E-state index contributed by atoms with van der Waals surface area (Å²) in [5, 5.41) is 10.8. The summed E-state index contributed by atoms with van der Waals surface area (Å²) in [5.41, 5.74) is 3.62. The number of rotatable bonds is 4. The lowest BCUT2D eigenvalue weighted by Gasteiger charge is -2.28. The van der Waals surface area contributed by atoms with Crippen LogP contribution in [-0.4, -0.2) is 28.3 Å². The SMILES string of the molecule is Cc1ccc2c(-c3cc4c(cc3F)OCCC4)c([C@H](OC(C)(C)C)C(=O)O)c(C)nc2c1. The molecular formula is C26H28FNO4. The molecule has 0 spiro atoms. The van der Waals surface area contributed by atoms with Crippen molar-refractivity contribution in [2.24, 2.45) is 0 Å². The molecule has 2 aromatic carbocycles. The third-order valence-corrected chi connectivity index (χ3v) is 5.60. The van der Waals surface area contributed by atoms with Crippen LogP contribution in [0.3, 0.4) is 0 Å². The van der Waals surface area contributed by atoms with Crippen molar-refractivity contribution < 1.29 is 23.8 Å². The number of fused-ring (bicyclic) bond motifs is 2. The second-order valence-corrected chi connectivity index (χ2v) is 9.35. The lowest BCUT2D eigenvalue weighted by molar-refractivity contribution is -0.160. The summed E-state index contributed by atoms with van der Waals surface area (Å²) in [6.45, 7) is 9.67. The molecule has 4 rings (SSSR count).